The molecule has 0 amide bonds. The number of carbonyl (C=O) groups excluding carboxylic acids is 1. The van der Waals surface area contributed by atoms with Crippen molar-refractivity contribution in [3.8, 4) is 0 Å². The fourth-order valence-corrected chi connectivity index (χ4v) is 1.10. The largest absolute Gasteiger partial charge is 0.550 e. The van der Waals surface area contributed by atoms with E-state index in [0.29, 0.717) is 5.41 Å². The predicted octanol–water partition coefficient (Wildman–Crippen LogP) is 0.527. The van der Waals surface area contributed by atoms with Gasteiger partial charge in [-0.05, 0) is 24.7 Å². The SMILES string of the molecule is CC(C)(C)CCCCCC(=O)[O-].O.[Pb]. The Bertz CT molecular complexity index is 141. The average Bonchev–Trinajstić information content (AvgIpc) is 1.83. The van der Waals surface area contributed by atoms with Gasteiger partial charge in [0.15, 0.2) is 0 Å². The summed E-state index contributed by atoms with van der Waals surface area (Å²) in [4.78, 5) is 10.0. The molecule has 0 spiro atoms. The monoisotopic (exact) mass is 397 g/mol. The van der Waals surface area contributed by atoms with E-state index in [9.17, 15) is 9.90 Å². The van der Waals surface area contributed by atoms with Crippen LogP contribution >= 0.6 is 0 Å². The summed E-state index contributed by atoms with van der Waals surface area (Å²) in [5.74, 6) is -0.925. The molecule has 0 aromatic rings. The van der Waals surface area contributed by atoms with Gasteiger partial charge in [0.25, 0.3) is 0 Å². The maximum Gasteiger partial charge on any atom is 0.0414 e. The Morgan fingerprint density at radius 1 is 1.14 bits per heavy atom. The van der Waals surface area contributed by atoms with Crippen LogP contribution < -0.4 is 5.11 Å². The van der Waals surface area contributed by atoms with Crippen LogP contribution in [-0.2, 0) is 4.79 Å². The van der Waals surface area contributed by atoms with Crippen LogP contribution in [0.4, 0.5) is 0 Å². The number of rotatable bonds is 5. The molecule has 2 N–H and O–H groups in total. The second-order valence-electron chi connectivity index (χ2n) is 4.49. The van der Waals surface area contributed by atoms with Crippen molar-refractivity contribution in [1.82, 2.24) is 0 Å². The Labute approximate surface area is 107 Å². The number of carbonyl (C=O) groups is 1. The molecule has 0 aliphatic heterocycles. The second-order valence-corrected chi connectivity index (χ2v) is 4.49. The molecule has 0 heterocycles. The summed E-state index contributed by atoms with van der Waals surface area (Å²) < 4.78 is 0. The molecule has 0 unspecified atom stereocenters. The summed E-state index contributed by atoms with van der Waals surface area (Å²) in [5, 5.41) is 10.0. The van der Waals surface area contributed by atoms with E-state index in [1.165, 1.54) is 6.42 Å². The topological polar surface area (TPSA) is 71.6 Å². The minimum Gasteiger partial charge on any atom is -0.550 e. The van der Waals surface area contributed by atoms with Gasteiger partial charge in [-0.15, -0.1) is 0 Å². The Balaban J connectivity index is -0.000000605. The van der Waals surface area contributed by atoms with Crippen molar-refractivity contribution in [2.75, 3.05) is 0 Å². The van der Waals surface area contributed by atoms with Crippen molar-refractivity contribution in [2.45, 2.75) is 52.9 Å². The maximum atomic E-state index is 10.0. The van der Waals surface area contributed by atoms with Crippen molar-refractivity contribution in [2.24, 2.45) is 5.41 Å². The average molecular weight is 396 g/mol. The fourth-order valence-electron chi connectivity index (χ4n) is 1.10. The fraction of sp³-hybridized carbons (Fsp3) is 0.900. The van der Waals surface area contributed by atoms with Crippen LogP contribution in [0.1, 0.15) is 52.9 Å². The molecule has 4 heteroatoms. The third-order valence-corrected chi connectivity index (χ3v) is 1.81. The quantitative estimate of drug-likeness (QED) is 0.502. The maximum absolute atomic E-state index is 10.0. The smallest absolute Gasteiger partial charge is 0.0414 e. The van der Waals surface area contributed by atoms with Crippen LogP contribution in [0.3, 0.4) is 0 Å². The molecule has 14 heavy (non-hydrogen) atoms. The van der Waals surface area contributed by atoms with Gasteiger partial charge in [0, 0.05) is 33.3 Å². The van der Waals surface area contributed by atoms with Crippen molar-refractivity contribution in [3.05, 3.63) is 0 Å². The van der Waals surface area contributed by atoms with E-state index in [1.807, 2.05) is 0 Å². The first-order valence-corrected chi connectivity index (χ1v) is 4.62. The van der Waals surface area contributed by atoms with Gasteiger partial charge in [-0.1, -0.05) is 33.6 Å². The molecule has 0 aromatic carbocycles. The first-order valence-electron chi connectivity index (χ1n) is 4.62. The zero-order valence-corrected chi connectivity index (χ0v) is 13.2. The minimum absolute atomic E-state index is 0. The second kappa shape index (κ2) is 9.89. The van der Waals surface area contributed by atoms with Crippen molar-refractivity contribution >= 4 is 33.3 Å². The third kappa shape index (κ3) is 18.2. The zero-order chi connectivity index (χ0) is 9.61. The van der Waals surface area contributed by atoms with E-state index in [1.54, 1.807) is 0 Å². The third-order valence-electron chi connectivity index (χ3n) is 1.81. The molecular weight excluding hydrogens is 375 g/mol. The van der Waals surface area contributed by atoms with Gasteiger partial charge >= 0.3 is 0 Å². The minimum atomic E-state index is -0.925. The van der Waals surface area contributed by atoms with Gasteiger partial charge in [-0.25, -0.2) is 0 Å². The van der Waals surface area contributed by atoms with E-state index >= 15 is 0 Å². The summed E-state index contributed by atoms with van der Waals surface area (Å²) in [7, 11) is 0. The number of carboxylic acid groups (broad SMARTS) is 1. The molecular formula is C10H21O3Pb-. The molecule has 0 bridgehead atoms. The van der Waals surface area contributed by atoms with Gasteiger partial charge in [0.2, 0.25) is 0 Å². The molecule has 0 rings (SSSR count). The zero-order valence-electron chi connectivity index (χ0n) is 9.35. The Morgan fingerprint density at radius 3 is 2.00 bits per heavy atom. The molecule has 4 radical (unpaired) electrons. The number of hydrogen-bond donors (Lipinski definition) is 0. The van der Waals surface area contributed by atoms with Crippen molar-refractivity contribution in [1.29, 1.82) is 0 Å². The van der Waals surface area contributed by atoms with Crippen molar-refractivity contribution < 1.29 is 15.4 Å². The number of unbranched alkanes of at least 4 members (excludes halogenated alkanes) is 2. The van der Waals surface area contributed by atoms with E-state index in [0.717, 1.165) is 19.3 Å². The summed E-state index contributed by atoms with van der Waals surface area (Å²) in [6.45, 7) is 6.60. The van der Waals surface area contributed by atoms with Gasteiger partial charge < -0.3 is 15.4 Å². The molecule has 0 saturated carbocycles. The Hall–Kier alpha value is 0.352. The van der Waals surface area contributed by atoms with Crippen LogP contribution in [0, 0.1) is 5.41 Å². The number of aliphatic carboxylic acids is 1. The Morgan fingerprint density at radius 2 is 1.64 bits per heavy atom. The van der Waals surface area contributed by atoms with Crippen molar-refractivity contribution in [3.63, 3.8) is 0 Å². The van der Waals surface area contributed by atoms with Gasteiger partial charge in [0.1, 0.15) is 0 Å². The van der Waals surface area contributed by atoms with Crippen LogP contribution in [0.5, 0.6) is 0 Å². The standard InChI is InChI=1S/C10H20O2.H2O.Pb/c1-10(2,3)8-6-4-5-7-9(11)12;;/h4-8H2,1-3H3,(H,11,12);1H2;/p-1. The molecule has 0 atom stereocenters. The van der Waals surface area contributed by atoms with Crippen LogP contribution in [-0.4, -0.2) is 38.7 Å². The van der Waals surface area contributed by atoms with Crippen LogP contribution in [0.2, 0.25) is 0 Å². The first kappa shape index (κ1) is 19.9. The summed E-state index contributed by atoms with van der Waals surface area (Å²) in [6, 6.07) is 0. The first-order chi connectivity index (χ1) is 5.42. The van der Waals surface area contributed by atoms with E-state index in [2.05, 4.69) is 20.8 Å². The van der Waals surface area contributed by atoms with Crippen LogP contribution in [0.25, 0.3) is 0 Å². The van der Waals surface area contributed by atoms with E-state index in [-0.39, 0.29) is 39.2 Å². The molecule has 0 aliphatic carbocycles. The molecule has 0 saturated heterocycles. The van der Waals surface area contributed by atoms with E-state index < -0.39 is 5.97 Å². The Kier molecular flexibility index (Phi) is 14.0. The molecule has 84 valence electrons. The number of hydrogen-bond acceptors (Lipinski definition) is 2. The van der Waals surface area contributed by atoms with Gasteiger partial charge in [-0.2, -0.15) is 0 Å². The molecule has 3 nitrogen and oxygen atoms in total. The van der Waals surface area contributed by atoms with E-state index in [4.69, 9.17) is 0 Å². The summed E-state index contributed by atoms with van der Waals surface area (Å²) in [6.07, 6.45) is 4.27. The summed E-state index contributed by atoms with van der Waals surface area (Å²) in [5.41, 5.74) is 0.376. The number of carboxylic acids is 1. The van der Waals surface area contributed by atoms with Gasteiger partial charge in [0.05, 0.1) is 0 Å². The predicted molar refractivity (Wildman–Crippen MR) is 56.9 cm³/mol. The van der Waals surface area contributed by atoms with Crippen LogP contribution in [0.15, 0.2) is 0 Å². The van der Waals surface area contributed by atoms with Gasteiger partial charge in [-0.3, -0.25) is 0 Å². The normalized spacial score (nSPS) is 9.93. The molecule has 0 aliphatic rings. The molecule has 0 aromatic heterocycles. The molecule has 0 fully saturated rings. The summed E-state index contributed by atoms with van der Waals surface area (Å²) >= 11 is 0.